The molecule has 0 radical (unpaired) electrons. The van der Waals surface area contributed by atoms with E-state index in [4.69, 9.17) is 0 Å². The largest absolute Gasteiger partial charge is 0.355 e. The Morgan fingerprint density at radius 3 is 2.54 bits per heavy atom. The van der Waals surface area contributed by atoms with Gasteiger partial charge >= 0.3 is 0 Å². The number of nitrogens with zero attached hydrogens (tertiary/aromatic N) is 2. The molecule has 1 heterocycles. The number of carbonyl (C=O) groups is 2. The lowest BCUT2D eigenvalue weighted by Crippen LogP contribution is -2.39. The van der Waals surface area contributed by atoms with E-state index >= 15 is 0 Å². The van der Waals surface area contributed by atoms with Crippen LogP contribution >= 0.6 is 0 Å². The molecule has 2 rings (SSSR count). The van der Waals surface area contributed by atoms with Crippen molar-refractivity contribution in [2.24, 2.45) is 0 Å². The third-order valence-electron chi connectivity index (χ3n) is 3.30. The molecule has 0 unspecified atom stereocenters. The van der Waals surface area contributed by atoms with Crippen LogP contribution in [-0.4, -0.2) is 34.7 Å². The molecule has 1 aromatic heterocycles. The number of aromatic nitrogens is 2. The summed E-state index contributed by atoms with van der Waals surface area (Å²) in [5.41, 5.74) is 0.632. The van der Waals surface area contributed by atoms with Gasteiger partial charge in [0.1, 0.15) is 0 Å². The van der Waals surface area contributed by atoms with Crippen LogP contribution in [0.15, 0.2) is 41.2 Å². The molecule has 2 N–H and O–H groups in total. The minimum absolute atomic E-state index is 0.195. The molecule has 0 aliphatic carbocycles. The van der Waals surface area contributed by atoms with E-state index in [0.29, 0.717) is 12.2 Å². The SMILES string of the molecule is CCCNC(=O)CNC(=O)c1nn(-c2ccccc2)c(C)cc1=O. The molecule has 0 saturated heterocycles. The molecular weight excluding hydrogens is 308 g/mol. The lowest BCUT2D eigenvalue weighted by molar-refractivity contribution is -0.120. The number of carbonyl (C=O) groups excluding carboxylic acids is 2. The van der Waals surface area contributed by atoms with Crippen LogP contribution in [0.1, 0.15) is 29.5 Å². The van der Waals surface area contributed by atoms with E-state index in [1.54, 1.807) is 6.92 Å². The standard InChI is InChI=1S/C17H20N4O3/c1-3-9-18-15(23)11-19-17(24)16-14(22)10-12(2)21(20-16)13-7-5-4-6-8-13/h4-8,10H,3,9,11H2,1-2H3,(H,18,23)(H,19,24). The van der Waals surface area contributed by atoms with Crippen LogP contribution < -0.4 is 16.1 Å². The van der Waals surface area contributed by atoms with E-state index in [1.165, 1.54) is 10.7 Å². The zero-order valence-electron chi connectivity index (χ0n) is 13.7. The van der Waals surface area contributed by atoms with Gasteiger partial charge in [-0.3, -0.25) is 14.4 Å². The van der Waals surface area contributed by atoms with E-state index in [2.05, 4.69) is 15.7 Å². The second kappa shape index (κ2) is 8.05. The summed E-state index contributed by atoms with van der Waals surface area (Å²) in [6, 6.07) is 10.5. The van der Waals surface area contributed by atoms with Crippen molar-refractivity contribution in [3.8, 4) is 5.69 Å². The van der Waals surface area contributed by atoms with Gasteiger partial charge in [0.05, 0.1) is 12.2 Å². The van der Waals surface area contributed by atoms with Crippen molar-refractivity contribution >= 4 is 11.8 Å². The molecular formula is C17H20N4O3. The highest BCUT2D eigenvalue weighted by molar-refractivity contribution is 5.94. The molecule has 1 aromatic carbocycles. The van der Waals surface area contributed by atoms with E-state index < -0.39 is 11.3 Å². The van der Waals surface area contributed by atoms with Gasteiger partial charge in [-0.2, -0.15) is 5.10 Å². The highest BCUT2D eigenvalue weighted by Crippen LogP contribution is 2.07. The molecule has 0 aliphatic heterocycles. The maximum atomic E-state index is 12.2. The summed E-state index contributed by atoms with van der Waals surface area (Å²) < 4.78 is 1.52. The maximum Gasteiger partial charge on any atom is 0.276 e. The summed E-state index contributed by atoms with van der Waals surface area (Å²) in [7, 11) is 0. The lowest BCUT2D eigenvalue weighted by Gasteiger charge is -2.11. The van der Waals surface area contributed by atoms with Gasteiger partial charge in [-0.05, 0) is 25.5 Å². The number of rotatable bonds is 6. The Bertz CT molecular complexity index is 784. The summed E-state index contributed by atoms with van der Waals surface area (Å²) in [5.74, 6) is -0.975. The minimum atomic E-state index is -0.670. The number of hydrogen-bond donors (Lipinski definition) is 2. The average molecular weight is 328 g/mol. The number of amides is 2. The first-order chi connectivity index (χ1) is 11.5. The Morgan fingerprint density at radius 2 is 1.88 bits per heavy atom. The third kappa shape index (κ3) is 4.28. The second-order valence-electron chi connectivity index (χ2n) is 5.28. The molecule has 0 spiro atoms. The first-order valence-corrected chi connectivity index (χ1v) is 7.74. The first kappa shape index (κ1) is 17.4. The number of hydrogen-bond acceptors (Lipinski definition) is 4. The molecule has 24 heavy (non-hydrogen) atoms. The summed E-state index contributed by atoms with van der Waals surface area (Å²) in [5, 5.41) is 9.21. The Hall–Kier alpha value is -2.96. The summed E-state index contributed by atoms with van der Waals surface area (Å²) in [6.45, 7) is 4.01. The summed E-state index contributed by atoms with van der Waals surface area (Å²) in [6.07, 6.45) is 0.807. The van der Waals surface area contributed by atoms with Gasteiger partial charge in [-0.1, -0.05) is 25.1 Å². The number of benzene rings is 1. The van der Waals surface area contributed by atoms with Crippen molar-refractivity contribution in [3.05, 3.63) is 58.0 Å². The normalized spacial score (nSPS) is 10.2. The molecule has 0 aliphatic rings. The average Bonchev–Trinajstić information content (AvgIpc) is 2.58. The van der Waals surface area contributed by atoms with Crippen LogP contribution in [0.4, 0.5) is 0 Å². The van der Waals surface area contributed by atoms with E-state index in [1.807, 2.05) is 37.3 Å². The van der Waals surface area contributed by atoms with E-state index in [-0.39, 0.29) is 18.1 Å². The lowest BCUT2D eigenvalue weighted by atomic mass is 10.2. The molecule has 0 bridgehead atoms. The molecule has 7 nitrogen and oxygen atoms in total. The Labute approximate surface area is 139 Å². The molecule has 2 aromatic rings. The van der Waals surface area contributed by atoms with Crippen molar-refractivity contribution in [1.29, 1.82) is 0 Å². The van der Waals surface area contributed by atoms with Gasteiger partial charge in [0.2, 0.25) is 11.3 Å². The van der Waals surface area contributed by atoms with Crippen LogP contribution in [0.5, 0.6) is 0 Å². The quantitative estimate of drug-likeness (QED) is 0.820. The molecule has 0 fully saturated rings. The van der Waals surface area contributed by atoms with Crippen LogP contribution in [0.3, 0.4) is 0 Å². The van der Waals surface area contributed by atoms with Crippen LogP contribution in [-0.2, 0) is 4.79 Å². The third-order valence-corrected chi connectivity index (χ3v) is 3.30. The molecule has 7 heteroatoms. The smallest absolute Gasteiger partial charge is 0.276 e. The predicted octanol–water partition coefficient (Wildman–Crippen LogP) is 0.797. The summed E-state index contributed by atoms with van der Waals surface area (Å²) >= 11 is 0. The fraction of sp³-hybridized carbons (Fsp3) is 0.294. The van der Waals surface area contributed by atoms with Crippen molar-refractivity contribution < 1.29 is 9.59 Å². The topological polar surface area (TPSA) is 93.1 Å². The van der Waals surface area contributed by atoms with Crippen LogP contribution in [0.25, 0.3) is 5.69 Å². The highest BCUT2D eigenvalue weighted by Gasteiger charge is 2.16. The van der Waals surface area contributed by atoms with Crippen molar-refractivity contribution in [2.75, 3.05) is 13.1 Å². The predicted molar refractivity (Wildman–Crippen MR) is 90.2 cm³/mol. The Kier molecular flexibility index (Phi) is 5.83. The second-order valence-corrected chi connectivity index (χ2v) is 5.28. The Morgan fingerprint density at radius 1 is 1.17 bits per heavy atom. The van der Waals surface area contributed by atoms with Crippen molar-refractivity contribution in [2.45, 2.75) is 20.3 Å². The Balaban J connectivity index is 2.19. The number of para-hydroxylation sites is 1. The van der Waals surface area contributed by atoms with Crippen LogP contribution in [0, 0.1) is 6.92 Å². The van der Waals surface area contributed by atoms with E-state index in [9.17, 15) is 14.4 Å². The van der Waals surface area contributed by atoms with Gasteiger partial charge in [0, 0.05) is 18.3 Å². The van der Waals surface area contributed by atoms with Gasteiger partial charge < -0.3 is 10.6 Å². The van der Waals surface area contributed by atoms with Gasteiger partial charge in [0.25, 0.3) is 5.91 Å². The van der Waals surface area contributed by atoms with Crippen molar-refractivity contribution in [3.63, 3.8) is 0 Å². The zero-order chi connectivity index (χ0) is 17.5. The van der Waals surface area contributed by atoms with Gasteiger partial charge in [-0.15, -0.1) is 0 Å². The van der Waals surface area contributed by atoms with Gasteiger partial charge in [0.15, 0.2) is 5.69 Å². The highest BCUT2D eigenvalue weighted by atomic mass is 16.2. The van der Waals surface area contributed by atoms with Gasteiger partial charge in [-0.25, -0.2) is 4.68 Å². The first-order valence-electron chi connectivity index (χ1n) is 7.74. The van der Waals surface area contributed by atoms with Crippen molar-refractivity contribution in [1.82, 2.24) is 20.4 Å². The fourth-order valence-electron chi connectivity index (χ4n) is 2.11. The fourth-order valence-corrected chi connectivity index (χ4v) is 2.11. The molecule has 126 valence electrons. The van der Waals surface area contributed by atoms with E-state index in [0.717, 1.165) is 12.1 Å². The maximum absolute atomic E-state index is 12.2. The monoisotopic (exact) mass is 328 g/mol. The summed E-state index contributed by atoms with van der Waals surface area (Å²) in [4.78, 5) is 35.8. The van der Waals surface area contributed by atoms with Crippen LogP contribution in [0.2, 0.25) is 0 Å². The molecule has 2 amide bonds. The number of aryl methyl sites for hydroxylation is 1. The minimum Gasteiger partial charge on any atom is -0.355 e. The molecule has 0 saturated carbocycles. The zero-order valence-corrected chi connectivity index (χ0v) is 13.7. The molecule has 0 atom stereocenters. The number of nitrogens with one attached hydrogen (secondary N) is 2.